The van der Waals surface area contributed by atoms with Crippen LogP contribution in [0, 0.1) is 12.7 Å². The zero-order valence-electron chi connectivity index (χ0n) is 12.5. The summed E-state index contributed by atoms with van der Waals surface area (Å²) in [6, 6.07) is 13.9. The molecule has 1 aromatic heterocycles. The highest BCUT2D eigenvalue weighted by molar-refractivity contribution is 5.80. The smallest absolute Gasteiger partial charge is 0.221 e. The summed E-state index contributed by atoms with van der Waals surface area (Å²) in [6.07, 6.45) is 3.04. The van der Waals surface area contributed by atoms with E-state index in [0.29, 0.717) is 11.3 Å². The molecule has 0 bridgehead atoms. The van der Waals surface area contributed by atoms with Crippen molar-refractivity contribution < 1.29 is 9.13 Å². The Morgan fingerprint density at radius 1 is 1.17 bits per heavy atom. The van der Waals surface area contributed by atoms with E-state index in [1.54, 1.807) is 43.5 Å². The largest absolute Gasteiger partial charge is 0.454 e. The molecular formula is C17H15FN4O. The lowest BCUT2D eigenvalue weighted by atomic mass is 10.2. The van der Waals surface area contributed by atoms with E-state index in [2.05, 4.69) is 10.1 Å². The summed E-state index contributed by atoms with van der Waals surface area (Å²) in [7, 11) is 0. The Kier molecular flexibility index (Phi) is 4.05. The lowest BCUT2D eigenvalue weighted by molar-refractivity contribution is 0.442. The molecule has 3 aromatic rings. The number of hydrogen-bond acceptors (Lipinski definition) is 4. The number of benzene rings is 2. The molecule has 0 aliphatic carbocycles. The number of rotatable bonds is 4. The lowest BCUT2D eigenvalue weighted by Crippen LogP contribution is -1.98. The molecule has 0 aliphatic heterocycles. The summed E-state index contributed by atoms with van der Waals surface area (Å²) in [5.74, 6) is 0.455. The van der Waals surface area contributed by atoms with Crippen LogP contribution in [-0.2, 0) is 0 Å². The Bertz CT molecular complexity index is 843. The average molecular weight is 310 g/mol. The number of hydrogen-bond donors (Lipinski definition) is 1. The number of ether oxygens (including phenoxy) is 1. The first-order valence-corrected chi connectivity index (χ1v) is 7.01. The number of nitrogens with two attached hydrogens (primary N) is 1. The third kappa shape index (κ3) is 3.37. The third-order valence-corrected chi connectivity index (χ3v) is 3.12. The van der Waals surface area contributed by atoms with Gasteiger partial charge in [0, 0.05) is 5.56 Å². The zero-order valence-corrected chi connectivity index (χ0v) is 12.5. The van der Waals surface area contributed by atoms with E-state index < -0.39 is 5.82 Å². The van der Waals surface area contributed by atoms with Crippen LogP contribution in [0.15, 0.2) is 59.8 Å². The first-order valence-electron chi connectivity index (χ1n) is 7.01. The maximum absolute atomic E-state index is 14.5. The minimum Gasteiger partial charge on any atom is -0.454 e. The molecule has 0 fully saturated rings. The Labute approximate surface area is 132 Å². The molecule has 0 radical (unpaired) electrons. The van der Waals surface area contributed by atoms with Crippen molar-refractivity contribution >= 4 is 12.2 Å². The second-order valence-corrected chi connectivity index (χ2v) is 4.90. The van der Waals surface area contributed by atoms with E-state index in [4.69, 9.17) is 10.5 Å². The number of para-hydroxylation sites is 1. The van der Waals surface area contributed by atoms with Crippen molar-refractivity contribution in [3.8, 4) is 11.5 Å². The van der Waals surface area contributed by atoms with Crippen molar-refractivity contribution in [2.24, 2.45) is 5.10 Å². The molecule has 0 atom stereocenters. The lowest BCUT2D eigenvalue weighted by Gasteiger charge is -2.07. The minimum absolute atomic E-state index is 0.134. The van der Waals surface area contributed by atoms with Crippen molar-refractivity contribution in [1.29, 1.82) is 0 Å². The maximum atomic E-state index is 14.5. The van der Waals surface area contributed by atoms with Gasteiger partial charge in [0.2, 0.25) is 5.95 Å². The van der Waals surface area contributed by atoms with Gasteiger partial charge in [0.15, 0.2) is 11.6 Å². The Morgan fingerprint density at radius 3 is 2.65 bits per heavy atom. The van der Waals surface area contributed by atoms with Crippen molar-refractivity contribution in [2.45, 2.75) is 6.92 Å². The number of anilines is 1. The second kappa shape index (κ2) is 6.31. The van der Waals surface area contributed by atoms with Gasteiger partial charge in [-0.3, -0.25) is 0 Å². The van der Waals surface area contributed by atoms with Gasteiger partial charge >= 0.3 is 0 Å². The van der Waals surface area contributed by atoms with Crippen LogP contribution in [0.1, 0.15) is 11.3 Å². The van der Waals surface area contributed by atoms with Crippen molar-refractivity contribution in [2.75, 3.05) is 5.73 Å². The summed E-state index contributed by atoms with van der Waals surface area (Å²) in [4.78, 5) is 4.03. The van der Waals surface area contributed by atoms with Crippen LogP contribution in [0.2, 0.25) is 0 Å². The highest BCUT2D eigenvalue weighted by Gasteiger charge is 2.09. The van der Waals surface area contributed by atoms with Crippen LogP contribution in [0.4, 0.5) is 10.3 Å². The second-order valence-electron chi connectivity index (χ2n) is 4.90. The van der Waals surface area contributed by atoms with Gasteiger partial charge in [-0.25, -0.2) is 14.1 Å². The van der Waals surface area contributed by atoms with Gasteiger partial charge < -0.3 is 10.5 Å². The van der Waals surface area contributed by atoms with E-state index in [-0.39, 0.29) is 11.7 Å². The first kappa shape index (κ1) is 14.8. The van der Waals surface area contributed by atoms with E-state index in [9.17, 15) is 4.39 Å². The fraction of sp³-hybridized carbons (Fsp3) is 0.0588. The standard InChI is InChI=1S/C17H15FN4O/c1-12-11-22(17(19)21-12)20-10-13-6-5-9-15(16(13)18)23-14-7-3-2-4-8-14/h2-11H,1H3,(H2,19,21). The van der Waals surface area contributed by atoms with E-state index in [1.807, 2.05) is 18.2 Å². The predicted molar refractivity (Wildman–Crippen MR) is 87.3 cm³/mol. The molecular weight excluding hydrogens is 295 g/mol. The number of nitrogens with zero attached hydrogens (tertiary/aromatic N) is 3. The van der Waals surface area contributed by atoms with Gasteiger partial charge in [0.05, 0.1) is 18.1 Å². The Balaban J connectivity index is 1.86. The SMILES string of the molecule is Cc1cn(N=Cc2cccc(Oc3ccccc3)c2F)c(N)n1. The number of nitrogen functional groups attached to an aromatic ring is 1. The normalized spacial score (nSPS) is 11.0. The van der Waals surface area contributed by atoms with Crippen LogP contribution >= 0.6 is 0 Å². The van der Waals surface area contributed by atoms with Gasteiger partial charge in [0.25, 0.3) is 0 Å². The molecule has 0 saturated heterocycles. The zero-order chi connectivity index (χ0) is 16.2. The molecule has 2 aromatic carbocycles. The third-order valence-electron chi connectivity index (χ3n) is 3.12. The molecule has 6 heteroatoms. The molecule has 0 unspecified atom stereocenters. The summed E-state index contributed by atoms with van der Waals surface area (Å²) >= 11 is 0. The van der Waals surface area contributed by atoms with Crippen LogP contribution in [0.3, 0.4) is 0 Å². The van der Waals surface area contributed by atoms with Crippen LogP contribution in [0.25, 0.3) is 0 Å². The van der Waals surface area contributed by atoms with E-state index in [1.165, 1.54) is 10.9 Å². The number of halogens is 1. The molecule has 2 N–H and O–H groups in total. The van der Waals surface area contributed by atoms with E-state index in [0.717, 1.165) is 5.69 Å². The van der Waals surface area contributed by atoms with Gasteiger partial charge in [-0.05, 0) is 25.1 Å². The van der Waals surface area contributed by atoms with Gasteiger partial charge in [0.1, 0.15) is 5.75 Å². The van der Waals surface area contributed by atoms with Crippen LogP contribution in [-0.4, -0.2) is 15.9 Å². The highest BCUT2D eigenvalue weighted by atomic mass is 19.1. The fourth-order valence-electron chi connectivity index (χ4n) is 2.04. The predicted octanol–water partition coefficient (Wildman–Crippen LogP) is 3.59. The van der Waals surface area contributed by atoms with Crippen molar-refractivity contribution in [3.05, 3.63) is 71.8 Å². The fourth-order valence-corrected chi connectivity index (χ4v) is 2.04. The van der Waals surface area contributed by atoms with Gasteiger partial charge in [-0.15, -0.1) is 0 Å². The Hall–Kier alpha value is -3.15. The van der Waals surface area contributed by atoms with Crippen LogP contribution < -0.4 is 10.5 Å². The molecule has 23 heavy (non-hydrogen) atoms. The van der Waals surface area contributed by atoms with Gasteiger partial charge in [-0.1, -0.05) is 30.3 Å². The molecule has 5 nitrogen and oxygen atoms in total. The first-order chi connectivity index (χ1) is 11.1. The number of aryl methyl sites for hydroxylation is 1. The molecule has 0 saturated carbocycles. The monoisotopic (exact) mass is 310 g/mol. The molecule has 116 valence electrons. The Morgan fingerprint density at radius 2 is 1.96 bits per heavy atom. The number of imidazole rings is 1. The van der Waals surface area contributed by atoms with Crippen LogP contribution in [0.5, 0.6) is 11.5 Å². The highest BCUT2D eigenvalue weighted by Crippen LogP contribution is 2.25. The summed E-state index contributed by atoms with van der Waals surface area (Å²) in [5, 5.41) is 4.11. The number of aromatic nitrogens is 2. The minimum atomic E-state index is -0.490. The van der Waals surface area contributed by atoms with Crippen molar-refractivity contribution in [1.82, 2.24) is 9.66 Å². The molecule has 0 spiro atoms. The molecule has 0 amide bonds. The average Bonchev–Trinajstić information content (AvgIpc) is 2.87. The summed E-state index contributed by atoms with van der Waals surface area (Å²) < 4.78 is 21.4. The quantitative estimate of drug-likeness (QED) is 0.749. The summed E-state index contributed by atoms with van der Waals surface area (Å²) in [5.41, 5.74) is 6.73. The molecule has 1 heterocycles. The molecule has 3 rings (SSSR count). The van der Waals surface area contributed by atoms with Crippen molar-refractivity contribution in [3.63, 3.8) is 0 Å². The molecule has 0 aliphatic rings. The topological polar surface area (TPSA) is 65.4 Å². The van der Waals surface area contributed by atoms with Gasteiger partial charge in [-0.2, -0.15) is 5.10 Å². The maximum Gasteiger partial charge on any atom is 0.221 e. The summed E-state index contributed by atoms with van der Waals surface area (Å²) in [6.45, 7) is 1.80. The van der Waals surface area contributed by atoms with E-state index >= 15 is 0 Å².